The highest BCUT2D eigenvalue weighted by atomic mass is 32.1. The summed E-state index contributed by atoms with van der Waals surface area (Å²) in [6.45, 7) is 3.05. The number of hydrogen-bond acceptors (Lipinski definition) is 8. The monoisotopic (exact) mass is 503 g/mol. The van der Waals surface area contributed by atoms with Gasteiger partial charge in [-0.25, -0.2) is 9.98 Å². The Bertz CT molecular complexity index is 1240. The van der Waals surface area contributed by atoms with Crippen molar-refractivity contribution in [1.82, 2.24) is 9.88 Å². The largest absolute Gasteiger partial charge is 0.497 e. The number of rotatable bonds is 4. The third-order valence-electron chi connectivity index (χ3n) is 6.12. The van der Waals surface area contributed by atoms with Crippen LogP contribution in [0.25, 0.3) is 0 Å². The molecule has 0 N–H and O–H groups in total. The molecular formula is C24H24F3N5O2S. The van der Waals surface area contributed by atoms with E-state index in [2.05, 4.69) is 14.8 Å². The maximum Gasteiger partial charge on any atom is 0.416 e. The van der Waals surface area contributed by atoms with Crippen LogP contribution in [0.5, 0.6) is 11.5 Å². The van der Waals surface area contributed by atoms with Gasteiger partial charge in [0.25, 0.3) is 0 Å². The molecule has 3 aromatic rings. The van der Waals surface area contributed by atoms with Gasteiger partial charge in [0, 0.05) is 38.4 Å². The minimum atomic E-state index is -4.46. The average molecular weight is 504 g/mol. The van der Waals surface area contributed by atoms with Gasteiger partial charge in [-0.15, -0.1) is 11.3 Å². The Morgan fingerprint density at radius 1 is 0.943 bits per heavy atom. The van der Waals surface area contributed by atoms with Gasteiger partial charge in [0.2, 0.25) is 5.96 Å². The van der Waals surface area contributed by atoms with Crippen LogP contribution in [0.2, 0.25) is 0 Å². The van der Waals surface area contributed by atoms with Gasteiger partial charge >= 0.3 is 6.18 Å². The molecule has 0 atom stereocenters. The van der Waals surface area contributed by atoms with E-state index in [0.29, 0.717) is 50.1 Å². The Morgan fingerprint density at radius 3 is 2.43 bits per heavy atom. The first-order chi connectivity index (χ1) is 16.9. The Hall–Kier alpha value is -3.47. The maximum absolute atomic E-state index is 13.6. The van der Waals surface area contributed by atoms with E-state index in [1.807, 2.05) is 22.4 Å². The number of nitrogens with zero attached hydrogens (tertiary/aromatic N) is 5. The molecule has 0 aliphatic carbocycles. The summed E-state index contributed by atoms with van der Waals surface area (Å²) in [6.07, 6.45) is -2.75. The van der Waals surface area contributed by atoms with Gasteiger partial charge in [-0.05, 0) is 35.7 Å². The Morgan fingerprint density at radius 2 is 1.71 bits per heavy atom. The number of halogens is 3. The van der Waals surface area contributed by atoms with Gasteiger partial charge in [-0.1, -0.05) is 0 Å². The van der Waals surface area contributed by atoms with E-state index in [-0.39, 0.29) is 0 Å². The average Bonchev–Trinajstić information content (AvgIpc) is 3.35. The molecule has 7 nitrogen and oxygen atoms in total. The molecule has 2 aliphatic heterocycles. The second-order valence-corrected chi connectivity index (χ2v) is 9.14. The van der Waals surface area contributed by atoms with Crippen LogP contribution in [-0.2, 0) is 12.7 Å². The Labute approximate surface area is 205 Å². The number of guanidine groups is 1. The Kier molecular flexibility index (Phi) is 6.18. The molecule has 0 bridgehead atoms. The van der Waals surface area contributed by atoms with Crippen LogP contribution in [0, 0.1) is 0 Å². The molecule has 0 amide bonds. The van der Waals surface area contributed by atoms with Crippen molar-refractivity contribution in [3.05, 3.63) is 58.4 Å². The fourth-order valence-corrected chi connectivity index (χ4v) is 5.08. The third-order valence-corrected chi connectivity index (χ3v) is 7.02. The summed E-state index contributed by atoms with van der Waals surface area (Å²) in [5.74, 6) is 2.55. The van der Waals surface area contributed by atoms with E-state index in [9.17, 15) is 13.2 Å². The second-order valence-electron chi connectivity index (χ2n) is 8.14. The van der Waals surface area contributed by atoms with Crippen LogP contribution in [0.4, 0.5) is 30.4 Å². The Balaban J connectivity index is 1.45. The number of hydrogen-bond donors (Lipinski definition) is 0. The molecule has 35 heavy (non-hydrogen) atoms. The molecule has 2 aliphatic rings. The number of methoxy groups -OCH3 is 2. The molecule has 4 heterocycles. The molecule has 1 saturated heterocycles. The lowest BCUT2D eigenvalue weighted by atomic mass is 10.1. The van der Waals surface area contributed by atoms with Crippen molar-refractivity contribution in [2.24, 2.45) is 4.99 Å². The highest BCUT2D eigenvalue weighted by molar-refractivity contribution is 7.10. The number of benzene rings is 1. The molecule has 2 aromatic heterocycles. The number of aliphatic imine (C=N–C) groups is 1. The van der Waals surface area contributed by atoms with Crippen molar-refractivity contribution < 1.29 is 22.6 Å². The molecule has 1 aromatic carbocycles. The highest BCUT2D eigenvalue weighted by Crippen LogP contribution is 2.41. The first-order valence-corrected chi connectivity index (χ1v) is 11.9. The second kappa shape index (κ2) is 9.29. The molecule has 0 spiro atoms. The minimum Gasteiger partial charge on any atom is -0.497 e. The van der Waals surface area contributed by atoms with E-state index in [0.717, 1.165) is 34.3 Å². The summed E-state index contributed by atoms with van der Waals surface area (Å²) in [4.78, 5) is 16.4. The molecule has 5 rings (SSSR count). The van der Waals surface area contributed by atoms with Crippen LogP contribution in [0.3, 0.4) is 0 Å². The van der Waals surface area contributed by atoms with Gasteiger partial charge in [-0.3, -0.25) is 0 Å². The van der Waals surface area contributed by atoms with Crippen LogP contribution >= 0.6 is 11.3 Å². The van der Waals surface area contributed by atoms with Gasteiger partial charge in [-0.2, -0.15) is 13.2 Å². The van der Waals surface area contributed by atoms with Crippen molar-refractivity contribution in [3.63, 3.8) is 0 Å². The van der Waals surface area contributed by atoms with Crippen molar-refractivity contribution in [1.29, 1.82) is 0 Å². The van der Waals surface area contributed by atoms with Crippen molar-refractivity contribution in [2.75, 3.05) is 50.2 Å². The van der Waals surface area contributed by atoms with E-state index in [4.69, 9.17) is 14.5 Å². The van der Waals surface area contributed by atoms with Gasteiger partial charge in [0.05, 0.1) is 42.6 Å². The zero-order valence-electron chi connectivity index (χ0n) is 19.2. The fourth-order valence-electron chi connectivity index (χ4n) is 4.28. The summed E-state index contributed by atoms with van der Waals surface area (Å²) in [5.41, 5.74) is 0.472. The zero-order chi connectivity index (χ0) is 24.6. The van der Waals surface area contributed by atoms with E-state index in [1.54, 1.807) is 19.4 Å². The topological polar surface area (TPSA) is 53.4 Å². The molecule has 11 heteroatoms. The van der Waals surface area contributed by atoms with Crippen LogP contribution in [0.15, 0.2) is 53.0 Å². The summed E-state index contributed by atoms with van der Waals surface area (Å²) >= 11 is 1.54. The van der Waals surface area contributed by atoms with Crippen molar-refractivity contribution in [3.8, 4) is 11.5 Å². The molecular weight excluding hydrogens is 479 g/mol. The maximum atomic E-state index is 13.6. The number of ether oxygens (including phenoxy) is 2. The number of fused-ring (bicyclic) bond motifs is 1. The molecule has 1 fully saturated rings. The summed E-state index contributed by atoms with van der Waals surface area (Å²) < 4.78 is 51.4. The molecule has 184 valence electrons. The van der Waals surface area contributed by atoms with Crippen molar-refractivity contribution in [2.45, 2.75) is 12.7 Å². The van der Waals surface area contributed by atoms with E-state index < -0.39 is 11.7 Å². The summed E-state index contributed by atoms with van der Waals surface area (Å²) in [6, 6.07) is 9.19. The number of pyridine rings is 1. The minimum absolute atomic E-state index is 0.344. The fraction of sp³-hybridized carbons (Fsp3) is 0.333. The quantitative estimate of drug-likeness (QED) is 0.499. The number of alkyl halides is 3. The van der Waals surface area contributed by atoms with E-state index >= 15 is 0 Å². The zero-order valence-corrected chi connectivity index (χ0v) is 20.1. The predicted octanol–water partition coefficient (Wildman–Crippen LogP) is 5.01. The highest BCUT2D eigenvalue weighted by Gasteiger charge is 2.35. The van der Waals surface area contributed by atoms with Crippen LogP contribution in [0.1, 0.15) is 10.4 Å². The van der Waals surface area contributed by atoms with E-state index in [1.165, 1.54) is 24.5 Å². The molecule has 0 saturated carbocycles. The van der Waals surface area contributed by atoms with Crippen LogP contribution in [-0.4, -0.2) is 56.2 Å². The molecule has 0 unspecified atom stereocenters. The number of anilines is 2. The molecule has 0 radical (unpaired) electrons. The standard InChI is InChI=1S/C24H24F3N5O2S/c1-33-17-5-7-28-22(14-17)30-8-10-31(11-9-30)23-29-18-6-12-35-21(18)15-32(23)19-13-16(24(25,26)27)3-4-20(19)34-2/h3-7,12-14H,8-11,15H2,1-2H3. The lowest BCUT2D eigenvalue weighted by Crippen LogP contribution is -2.54. The van der Waals surface area contributed by atoms with Crippen molar-refractivity contribution >= 4 is 34.5 Å². The van der Waals surface area contributed by atoms with Gasteiger partial charge in [0.1, 0.15) is 17.3 Å². The summed E-state index contributed by atoms with van der Waals surface area (Å²) in [5, 5.41) is 1.95. The number of aromatic nitrogens is 1. The lowest BCUT2D eigenvalue weighted by molar-refractivity contribution is -0.137. The number of thiophene rings is 1. The van der Waals surface area contributed by atoms with Gasteiger partial charge < -0.3 is 24.2 Å². The third kappa shape index (κ3) is 4.60. The smallest absolute Gasteiger partial charge is 0.416 e. The van der Waals surface area contributed by atoms with Crippen LogP contribution < -0.4 is 19.3 Å². The normalized spacial score (nSPS) is 16.1. The first kappa shape index (κ1) is 23.3. The first-order valence-electron chi connectivity index (χ1n) is 11.0. The lowest BCUT2D eigenvalue weighted by Gasteiger charge is -2.41. The summed E-state index contributed by atoms with van der Waals surface area (Å²) in [7, 11) is 3.08. The van der Waals surface area contributed by atoms with Gasteiger partial charge in [0.15, 0.2) is 0 Å². The predicted molar refractivity (Wildman–Crippen MR) is 130 cm³/mol. The number of piperazine rings is 1. The SMILES string of the molecule is COc1ccnc(N2CCN(C3=Nc4ccsc4CN3c3cc(C(F)(F)F)ccc3OC)CC2)c1.